The summed E-state index contributed by atoms with van der Waals surface area (Å²) in [7, 11) is 2.08. The molecule has 3 fully saturated rings. The maximum atomic E-state index is 16.7. The summed E-state index contributed by atoms with van der Waals surface area (Å²) >= 11 is 6.88. The van der Waals surface area contributed by atoms with E-state index < -0.39 is 5.82 Å². The van der Waals surface area contributed by atoms with Gasteiger partial charge in [0, 0.05) is 49.2 Å². The zero-order valence-corrected chi connectivity index (χ0v) is 22.0. The van der Waals surface area contributed by atoms with Gasteiger partial charge in [-0.3, -0.25) is 4.90 Å². The number of benzene rings is 3. The van der Waals surface area contributed by atoms with Crippen molar-refractivity contribution in [3.8, 4) is 16.9 Å². The number of nitrogens with zero attached hydrogens (tertiary/aromatic N) is 5. The van der Waals surface area contributed by atoms with Gasteiger partial charge in [-0.2, -0.15) is 4.98 Å². The Hall–Kier alpha value is -3.20. The Balaban J connectivity index is 1.49. The number of fused-ring (bicyclic) bond motifs is 4. The monoisotopic (exact) mass is 532 g/mol. The molecule has 38 heavy (non-hydrogen) atoms. The molecule has 2 unspecified atom stereocenters. The highest BCUT2D eigenvalue weighted by molar-refractivity contribution is 6.35. The second-order valence-electron chi connectivity index (χ2n) is 10.8. The summed E-state index contributed by atoms with van der Waals surface area (Å²) < 4.78 is 16.7. The third-order valence-electron chi connectivity index (χ3n) is 8.25. The Morgan fingerprint density at radius 2 is 1.82 bits per heavy atom. The van der Waals surface area contributed by atoms with Gasteiger partial charge in [-0.15, -0.1) is 0 Å². The van der Waals surface area contributed by atoms with Crippen LogP contribution in [-0.4, -0.2) is 72.0 Å². The van der Waals surface area contributed by atoms with E-state index in [1.54, 1.807) is 12.1 Å². The van der Waals surface area contributed by atoms with Crippen molar-refractivity contribution in [2.45, 2.75) is 31.3 Å². The number of hydrogen-bond donors (Lipinski definition) is 2. The molecular weight excluding hydrogens is 503 g/mol. The van der Waals surface area contributed by atoms with Crippen molar-refractivity contribution in [2.75, 3.05) is 49.7 Å². The molecule has 7 nitrogen and oxygen atoms in total. The Kier molecular flexibility index (Phi) is 5.80. The zero-order valence-electron chi connectivity index (χ0n) is 21.3. The lowest BCUT2D eigenvalue weighted by Crippen LogP contribution is -2.52. The summed E-state index contributed by atoms with van der Waals surface area (Å²) in [6, 6.07) is 13.3. The van der Waals surface area contributed by atoms with Crippen molar-refractivity contribution >= 4 is 45.0 Å². The molecule has 4 heterocycles. The molecule has 3 aliphatic rings. The number of halogens is 2. The van der Waals surface area contributed by atoms with Crippen molar-refractivity contribution in [2.24, 2.45) is 0 Å². The minimum absolute atomic E-state index is 0.0621. The van der Waals surface area contributed by atoms with Crippen LogP contribution in [0.2, 0.25) is 5.02 Å². The van der Waals surface area contributed by atoms with Crippen molar-refractivity contribution < 1.29 is 9.50 Å². The number of nitrogens with one attached hydrogen (secondary N) is 1. The second kappa shape index (κ2) is 9.22. The van der Waals surface area contributed by atoms with E-state index in [0.29, 0.717) is 35.7 Å². The van der Waals surface area contributed by atoms with E-state index >= 15 is 4.39 Å². The van der Waals surface area contributed by atoms with Crippen molar-refractivity contribution in [3.05, 3.63) is 53.3 Å². The SMILES string of the molecule is CN1CCCN(c2nc(N3C4CCC3CNC4)c3cc(Cl)c(-c4cc(O)cc5ccccc45)c(F)c3n2)C1. The first-order valence-corrected chi connectivity index (χ1v) is 13.7. The van der Waals surface area contributed by atoms with E-state index in [9.17, 15) is 5.11 Å². The number of hydrogen-bond acceptors (Lipinski definition) is 7. The van der Waals surface area contributed by atoms with Gasteiger partial charge in [0.05, 0.1) is 11.7 Å². The third-order valence-corrected chi connectivity index (χ3v) is 8.55. The predicted molar refractivity (Wildman–Crippen MR) is 151 cm³/mol. The zero-order chi connectivity index (χ0) is 26.0. The molecule has 2 N–H and O–H groups in total. The normalized spacial score (nSPS) is 22.1. The molecule has 3 aliphatic heterocycles. The van der Waals surface area contributed by atoms with Crippen LogP contribution in [0.25, 0.3) is 32.8 Å². The van der Waals surface area contributed by atoms with Gasteiger partial charge in [0.15, 0.2) is 5.82 Å². The molecule has 0 spiro atoms. The Labute approximate surface area is 225 Å². The van der Waals surface area contributed by atoms with Crippen molar-refractivity contribution in [1.29, 1.82) is 0 Å². The van der Waals surface area contributed by atoms with Crippen LogP contribution in [0.1, 0.15) is 19.3 Å². The average Bonchev–Trinajstić information content (AvgIpc) is 3.15. The standard InChI is InChI=1S/C29H30ClFN6O/c1-35-9-4-10-36(16-35)29-33-27-23(28(34-29)37-18-7-8-19(37)15-32-14-18)13-24(30)25(26(27)31)22-12-20(38)11-17-5-2-3-6-21(17)22/h2-3,5-6,11-13,18-19,32,38H,4,7-10,14-16H2,1H3. The van der Waals surface area contributed by atoms with E-state index in [4.69, 9.17) is 21.6 Å². The maximum absolute atomic E-state index is 16.7. The fourth-order valence-electron chi connectivity index (χ4n) is 6.51. The van der Waals surface area contributed by atoms with Gasteiger partial charge in [-0.05, 0) is 60.8 Å². The van der Waals surface area contributed by atoms with Crippen LogP contribution in [-0.2, 0) is 0 Å². The smallest absolute Gasteiger partial charge is 0.229 e. The summed E-state index contributed by atoms with van der Waals surface area (Å²) in [5, 5.41) is 16.5. The van der Waals surface area contributed by atoms with E-state index in [1.807, 2.05) is 30.3 Å². The predicted octanol–water partition coefficient (Wildman–Crippen LogP) is 4.99. The summed E-state index contributed by atoms with van der Waals surface area (Å²) in [6.07, 6.45) is 3.15. The van der Waals surface area contributed by atoms with Gasteiger partial charge in [0.1, 0.15) is 17.1 Å². The first-order valence-electron chi connectivity index (χ1n) is 13.3. The second-order valence-corrected chi connectivity index (χ2v) is 11.2. The molecule has 9 heteroatoms. The number of rotatable bonds is 3. The summed E-state index contributed by atoms with van der Waals surface area (Å²) in [5.74, 6) is 0.887. The highest BCUT2D eigenvalue weighted by atomic mass is 35.5. The van der Waals surface area contributed by atoms with Crippen LogP contribution in [0.3, 0.4) is 0 Å². The van der Waals surface area contributed by atoms with Gasteiger partial charge in [0.25, 0.3) is 0 Å². The van der Waals surface area contributed by atoms with Crippen LogP contribution in [0.4, 0.5) is 16.2 Å². The lowest BCUT2D eigenvalue weighted by atomic mass is 9.96. The number of phenols is 1. The number of anilines is 2. The average molecular weight is 533 g/mol. The minimum atomic E-state index is -0.485. The number of aromatic nitrogens is 2. The maximum Gasteiger partial charge on any atom is 0.229 e. The molecule has 0 radical (unpaired) electrons. The van der Waals surface area contributed by atoms with Crippen LogP contribution in [0.15, 0.2) is 42.5 Å². The lowest BCUT2D eigenvalue weighted by molar-refractivity contribution is 0.289. The quantitative estimate of drug-likeness (QED) is 0.385. The summed E-state index contributed by atoms with van der Waals surface area (Å²) in [6.45, 7) is 4.29. The fraction of sp³-hybridized carbons (Fsp3) is 0.379. The Morgan fingerprint density at radius 3 is 2.61 bits per heavy atom. The number of phenolic OH excluding ortho intramolecular Hbond substituents is 1. The highest BCUT2D eigenvalue weighted by Crippen LogP contribution is 2.44. The van der Waals surface area contributed by atoms with Gasteiger partial charge >= 0.3 is 0 Å². The van der Waals surface area contributed by atoms with E-state index in [0.717, 1.165) is 62.0 Å². The molecule has 2 atom stereocenters. The van der Waals surface area contributed by atoms with Gasteiger partial charge in [-0.1, -0.05) is 35.9 Å². The Morgan fingerprint density at radius 1 is 1.03 bits per heavy atom. The molecule has 196 valence electrons. The Bertz CT molecular complexity index is 1550. The third kappa shape index (κ3) is 3.85. The molecule has 3 aromatic carbocycles. The molecule has 0 amide bonds. The number of aromatic hydroxyl groups is 1. The van der Waals surface area contributed by atoms with Crippen LogP contribution in [0.5, 0.6) is 5.75 Å². The molecule has 0 aliphatic carbocycles. The first kappa shape index (κ1) is 23.9. The molecule has 0 saturated carbocycles. The first-order chi connectivity index (χ1) is 18.5. The van der Waals surface area contributed by atoms with Crippen LogP contribution < -0.4 is 15.1 Å². The van der Waals surface area contributed by atoms with Gasteiger partial charge in [-0.25, -0.2) is 9.37 Å². The number of piperazine rings is 1. The molecule has 4 aromatic rings. The largest absolute Gasteiger partial charge is 0.508 e. The molecule has 1 aromatic heterocycles. The van der Waals surface area contributed by atoms with E-state index in [1.165, 1.54) is 0 Å². The van der Waals surface area contributed by atoms with E-state index in [2.05, 4.69) is 27.1 Å². The van der Waals surface area contributed by atoms with Crippen molar-refractivity contribution in [3.63, 3.8) is 0 Å². The minimum Gasteiger partial charge on any atom is -0.508 e. The van der Waals surface area contributed by atoms with Gasteiger partial charge in [0.2, 0.25) is 5.95 Å². The topological polar surface area (TPSA) is 67.8 Å². The van der Waals surface area contributed by atoms with Crippen molar-refractivity contribution in [1.82, 2.24) is 20.2 Å². The fourth-order valence-corrected chi connectivity index (χ4v) is 6.80. The summed E-state index contributed by atoms with van der Waals surface area (Å²) in [5.41, 5.74) is 1.07. The molecule has 7 rings (SSSR count). The molecular formula is C29H30ClFN6O. The van der Waals surface area contributed by atoms with Crippen LogP contribution in [0, 0.1) is 5.82 Å². The molecule has 3 saturated heterocycles. The van der Waals surface area contributed by atoms with E-state index in [-0.39, 0.29) is 21.9 Å². The highest BCUT2D eigenvalue weighted by Gasteiger charge is 2.39. The summed E-state index contributed by atoms with van der Waals surface area (Å²) in [4.78, 5) is 16.7. The van der Waals surface area contributed by atoms with Crippen LogP contribution >= 0.6 is 11.6 Å². The molecule has 2 bridgehead atoms. The lowest BCUT2D eigenvalue weighted by Gasteiger charge is -2.38. The van der Waals surface area contributed by atoms with Gasteiger partial charge < -0.3 is 20.2 Å².